The summed E-state index contributed by atoms with van der Waals surface area (Å²) in [7, 11) is 1.34. The smallest absolute Gasteiger partial charge is 0.0367 e. The quantitative estimate of drug-likeness (QED) is 0.357. The van der Waals surface area contributed by atoms with E-state index >= 15 is 0 Å². The van der Waals surface area contributed by atoms with Crippen LogP contribution in [0.2, 0.25) is 18.1 Å². The lowest BCUT2D eigenvalue weighted by molar-refractivity contribution is 0.723. The van der Waals surface area contributed by atoms with Crippen LogP contribution in [0.4, 0.5) is 0 Å². The summed E-state index contributed by atoms with van der Waals surface area (Å²) < 4.78 is 0. The number of rotatable bonds is 13. The summed E-state index contributed by atoms with van der Waals surface area (Å²) in [6.45, 7) is 7.07. The lowest BCUT2D eigenvalue weighted by atomic mass is 10.3. The van der Waals surface area contributed by atoms with Gasteiger partial charge in [-0.2, -0.15) is 0 Å². The first-order valence-electron chi connectivity index (χ1n) is 8.74. The van der Waals surface area contributed by atoms with Gasteiger partial charge in [-0.15, -0.1) is 0 Å². The molecule has 0 atom stereocenters. The van der Waals surface area contributed by atoms with E-state index in [1.165, 1.54) is 38.5 Å². The first kappa shape index (κ1) is 18.7. The van der Waals surface area contributed by atoms with Crippen LogP contribution in [0, 0.1) is 0 Å². The van der Waals surface area contributed by atoms with Crippen LogP contribution in [0.5, 0.6) is 0 Å². The highest BCUT2D eigenvalue weighted by Crippen LogP contribution is 2.27. The molecular weight excluding hydrogens is 264 g/mol. The van der Waals surface area contributed by atoms with Gasteiger partial charge < -0.3 is 0 Å². The Balaban J connectivity index is 4.20. The van der Waals surface area contributed by atoms with Crippen molar-refractivity contribution < 1.29 is 0 Å². The topological polar surface area (TPSA) is 0 Å². The summed E-state index contributed by atoms with van der Waals surface area (Å²) in [5, 5.41) is 0. The molecule has 0 aliphatic rings. The van der Waals surface area contributed by atoms with Gasteiger partial charge in [-0.25, -0.2) is 0 Å². The second kappa shape index (κ2) is 12.7. The van der Waals surface area contributed by atoms with E-state index in [-0.39, 0.29) is 0 Å². The molecule has 0 aromatic heterocycles. The number of hydrogen-bond donors (Lipinski definition) is 0. The second-order valence-electron chi connectivity index (χ2n) is 6.22. The molecule has 0 saturated heterocycles. The van der Waals surface area contributed by atoms with E-state index < -0.39 is 7.59 Å². The normalized spacial score (nSPS) is 12.8. The SMILES string of the molecule is CCCCC[Si](CCCCC)(CCCCC)[SiH2][SiH3]. The lowest BCUT2D eigenvalue weighted by Crippen LogP contribution is -2.42. The third kappa shape index (κ3) is 8.70. The maximum Gasteiger partial charge on any atom is 0.0367 e. The molecule has 0 spiro atoms. The van der Waals surface area contributed by atoms with Crippen molar-refractivity contribution in [2.45, 2.75) is 96.7 Å². The van der Waals surface area contributed by atoms with Crippen molar-refractivity contribution >= 4 is 25.9 Å². The first-order chi connectivity index (χ1) is 8.74. The zero-order valence-corrected chi connectivity index (χ0v) is 18.1. The Bertz CT molecular complexity index is 145. The molecule has 0 heterocycles. The van der Waals surface area contributed by atoms with Crippen molar-refractivity contribution in [2.24, 2.45) is 0 Å². The molecule has 18 heavy (non-hydrogen) atoms. The van der Waals surface area contributed by atoms with Gasteiger partial charge in [-0.05, 0) is 9.76 Å². The Labute approximate surface area is 123 Å². The Hall–Kier alpha value is 0.651. The van der Waals surface area contributed by atoms with E-state index in [4.69, 9.17) is 0 Å². The van der Waals surface area contributed by atoms with Crippen LogP contribution in [-0.4, -0.2) is 25.9 Å². The van der Waals surface area contributed by atoms with Gasteiger partial charge in [0, 0.05) is 16.1 Å². The van der Waals surface area contributed by atoms with Gasteiger partial charge in [-0.1, -0.05) is 96.7 Å². The molecule has 0 nitrogen and oxygen atoms in total. The molecule has 0 aromatic carbocycles. The van der Waals surface area contributed by atoms with E-state index in [2.05, 4.69) is 20.8 Å². The summed E-state index contributed by atoms with van der Waals surface area (Å²) in [5.74, 6) is 0. The molecule has 0 radical (unpaired) electrons. The molecule has 0 unspecified atom stereocenters. The minimum absolute atomic E-state index is 0.415. The molecule has 0 bridgehead atoms. The molecule has 0 N–H and O–H groups in total. The van der Waals surface area contributed by atoms with E-state index in [9.17, 15) is 0 Å². The van der Waals surface area contributed by atoms with E-state index in [0.717, 1.165) is 0 Å². The fraction of sp³-hybridized carbons (Fsp3) is 1.00. The summed E-state index contributed by atoms with van der Waals surface area (Å²) >= 11 is 0. The minimum atomic E-state index is -0.681. The zero-order chi connectivity index (χ0) is 13.7. The van der Waals surface area contributed by atoms with Crippen LogP contribution >= 0.6 is 0 Å². The molecule has 0 saturated carbocycles. The summed E-state index contributed by atoms with van der Waals surface area (Å²) in [6, 6.07) is 5.18. The predicted molar refractivity (Wildman–Crippen MR) is 97.2 cm³/mol. The van der Waals surface area contributed by atoms with Crippen molar-refractivity contribution in [1.82, 2.24) is 0 Å². The van der Waals surface area contributed by atoms with Crippen molar-refractivity contribution in [1.29, 1.82) is 0 Å². The van der Waals surface area contributed by atoms with Crippen LogP contribution in [0.3, 0.4) is 0 Å². The highest BCUT2D eigenvalue weighted by molar-refractivity contribution is 7.40. The van der Waals surface area contributed by atoms with Crippen molar-refractivity contribution in [3.8, 4) is 0 Å². The number of hydrogen-bond acceptors (Lipinski definition) is 0. The van der Waals surface area contributed by atoms with Crippen LogP contribution in [0.15, 0.2) is 0 Å². The molecule has 0 amide bonds. The van der Waals surface area contributed by atoms with E-state index in [1.54, 1.807) is 47.2 Å². The van der Waals surface area contributed by atoms with Crippen LogP contribution in [0.25, 0.3) is 0 Å². The van der Waals surface area contributed by atoms with E-state index in [1.807, 2.05) is 0 Å². The Morgan fingerprint density at radius 2 is 1.00 bits per heavy atom. The summed E-state index contributed by atoms with van der Waals surface area (Å²) in [6.07, 6.45) is 13.5. The molecular formula is C15H38Si3. The third-order valence-corrected chi connectivity index (χ3v) is 31.6. The van der Waals surface area contributed by atoms with Crippen LogP contribution in [-0.2, 0) is 0 Å². The van der Waals surface area contributed by atoms with Gasteiger partial charge >= 0.3 is 0 Å². The van der Waals surface area contributed by atoms with Gasteiger partial charge in [0.1, 0.15) is 0 Å². The Kier molecular flexibility index (Phi) is 13.1. The van der Waals surface area contributed by atoms with Crippen molar-refractivity contribution in [2.75, 3.05) is 0 Å². The Morgan fingerprint density at radius 1 is 0.667 bits per heavy atom. The standard InChI is InChI=1S/C15H38Si3/c1-4-7-10-13-18(17-16,14-11-8-5-2)15-12-9-6-3/h4-15,17H2,1-3,16H3. The molecule has 0 aliphatic heterocycles. The monoisotopic (exact) mass is 302 g/mol. The highest BCUT2D eigenvalue weighted by Gasteiger charge is 2.28. The molecule has 110 valence electrons. The first-order valence-corrected chi connectivity index (χ1v) is 19.3. The van der Waals surface area contributed by atoms with Crippen molar-refractivity contribution in [3.05, 3.63) is 0 Å². The maximum atomic E-state index is 2.36. The average molecular weight is 303 g/mol. The van der Waals surface area contributed by atoms with Crippen LogP contribution in [0.1, 0.15) is 78.6 Å². The number of unbranched alkanes of at least 4 members (excludes halogenated alkanes) is 6. The minimum Gasteiger partial charge on any atom is -0.0654 e. The van der Waals surface area contributed by atoms with Gasteiger partial charge in [0.25, 0.3) is 0 Å². The van der Waals surface area contributed by atoms with Crippen LogP contribution < -0.4 is 0 Å². The maximum absolute atomic E-state index is 2.36. The molecule has 3 heteroatoms. The van der Waals surface area contributed by atoms with Gasteiger partial charge in [0.15, 0.2) is 0 Å². The molecule has 0 rings (SSSR count). The Morgan fingerprint density at radius 3 is 1.22 bits per heavy atom. The highest BCUT2D eigenvalue weighted by atomic mass is 29.5. The van der Waals surface area contributed by atoms with Gasteiger partial charge in [-0.3, -0.25) is 0 Å². The third-order valence-electron chi connectivity index (χ3n) is 4.68. The molecule has 0 fully saturated rings. The van der Waals surface area contributed by atoms with Gasteiger partial charge in [0.2, 0.25) is 0 Å². The second-order valence-corrected chi connectivity index (χ2v) is 24.4. The fourth-order valence-corrected chi connectivity index (χ4v) is 22.9. The lowest BCUT2D eigenvalue weighted by Gasteiger charge is -2.31. The van der Waals surface area contributed by atoms with Crippen molar-refractivity contribution in [3.63, 3.8) is 0 Å². The fourth-order valence-electron chi connectivity index (χ4n) is 3.16. The molecule has 0 aromatic rings. The largest absolute Gasteiger partial charge is 0.0654 e. The predicted octanol–water partition coefficient (Wildman–Crippen LogP) is 3.95. The van der Waals surface area contributed by atoms with E-state index in [0.29, 0.717) is 8.55 Å². The summed E-state index contributed by atoms with van der Waals surface area (Å²) in [5.41, 5.74) is 0. The molecule has 0 aliphatic carbocycles. The average Bonchev–Trinajstić information content (AvgIpc) is 2.39. The summed E-state index contributed by atoms with van der Waals surface area (Å²) in [4.78, 5) is 0. The van der Waals surface area contributed by atoms with Gasteiger partial charge in [0.05, 0.1) is 0 Å². The zero-order valence-electron chi connectivity index (χ0n) is 13.7.